The van der Waals surface area contributed by atoms with Crippen molar-refractivity contribution in [2.45, 2.75) is 26.7 Å². The van der Waals surface area contributed by atoms with Crippen LogP contribution < -0.4 is 15.0 Å². The fourth-order valence-electron chi connectivity index (χ4n) is 2.79. The van der Waals surface area contributed by atoms with E-state index >= 15 is 0 Å². The first kappa shape index (κ1) is 14.2. The van der Waals surface area contributed by atoms with Crippen LogP contribution in [0.1, 0.15) is 24.0 Å². The van der Waals surface area contributed by atoms with E-state index < -0.39 is 0 Å². The van der Waals surface area contributed by atoms with E-state index in [1.54, 1.807) is 7.11 Å². The molecule has 1 aliphatic rings. The lowest BCUT2D eigenvalue weighted by Crippen LogP contribution is -2.34. The third kappa shape index (κ3) is 3.41. The number of methoxy groups -OCH3 is 1. The zero-order valence-corrected chi connectivity index (χ0v) is 12.6. The summed E-state index contributed by atoms with van der Waals surface area (Å²) in [5.41, 5.74) is 3.83. The number of piperidine rings is 1. The average molecular weight is 262 g/mol. The maximum Gasteiger partial charge on any atom is 0.142 e. The van der Waals surface area contributed by atoms with E-state index in [4.69, 9.17) is 4.74 Å². The summed E-state index contributed by atoms with van der Waals surface area (Å²) >= 11 is 0. The van der Waals surface area contributed by atoms with Crippen molar-refractivity contribution in [2.75, 3.05) is 38.7 Å². The van der Waals surface area contributed by atoms with Gasteiger partial charge in [-0.05, 0) is 69.0 Å². The van der Waals surface area contributed by atoms with Crippen molar-refractivity contribution in [1.29, 1.82) is 0 Å². The minimum absolute atomic E-state index is 0.789. The Morgan fingerprint density at radius 3 is 2.47 bits per heavy atom. The van der Waals surface area contributed by atoms with Crippen LogP contribution in [0.5, 0.6) is 5.75 Å². The molecule has 1 aliphatic heterocycles. The molecular weight excluding hydrogens is 236 g/mol. The number of hydrogen-bond acceptors (Lipinski definition) is 3. The number of ether oxygens (including phenoxy) is 1. The lowest BCUT2D eigenvalue weighted by atomic mass is 9.97. The first-order valence-corrected chi connectivity index (χ1v) is 7.19. The quantitative estimate of drug-likeness (QED) is 0.903. The fraction of sp³-hybridized carbons (Fsp3) is 0.625. The molecule has 3 nitrogen and oxygen atoms in total. The molecule has 1 aromatic rings. The Morgan fingerprint density at radius 1 is 1.21 bits per heavy atom. The Labute approximate surface area is 116 Å². The van der Waals surface area contributed by atoms with E-state index in [2.05, 4.69) is 43.2 Å². The molecule has 3 heteroatoms. The Morgan fingerprint density at radius 2 is 1.84 bits per heavy atom. The molecule has 1 heterocycles. The second-order valence-corrected chi connectivity index (χ2v) is 5.68. The van der Waals surface area contributed by atoms with Crippen LogP contribution in [0.25, 0.3) is 0 Å². The topological polar surface area (TPSA) is 24.5 Å². The maximum atomic E-state index is 5.54. The first-order chi connectivity index (χ1) is 9.11. The van der Waals surface area contributed by atoms with Gasteiger partial charge in [0.05, 0.1) is 12.8 Å². The Kier molecular flexibility index (Phi) is 4.70. The van der Waals surface area contributed by atoms with Crippen LogP contribution in [-0.4, -0.2) is 33.8 Å². The van der Waals surface area contributed by atoms with Gasteiger partial charge in [-0.25, -0.2) is 0 Å². The summed E-state index contributed by atoms with van der Waals surface area (Å²) in [5, 5.41) is 3.42. The van der Waals surface area contributed by atoms with Crippen LogP contribution in [0.3, 0.4) is 0 Å². The molecule has 1 N–H and O–H groups in total. The lowest BCUT2D eigenvalue weighted by molar-refractivity contribution is 0.375. The number of aryl methyl sites for hydroxylation is 2. The highest BCUT2D eigenvalue weighted by Crippen LogP contribution is 2.31. The summed E-state index contributed by atoms with van der Waals surface area (Å²) in [4.78, 5) is 2.35. The van der Waals surface area contributed by atoms with Gasteiger partial charge in [0, 0.05) is 13.6 Å². The number of hydrogen-bond donors (Lipinski definition) is 1. The van der Waals surface area contributed by atoms with Crippen LogP contribution in [0.4, 0.5) is 5.69 Å². The van der Waals surface area contributed by atoms with Crippen LogP contribution >= 0.6 is 0 Å². The van der Waals surface area contributed by atoms with Crippen molar-refractivity contribution < 1.29 is 4.74 Å². The molecule has 0 radical (unpaired) electrons. The standard InChI is InChI=1S/C16H26N2O/c1-12-9-15(16(19-4)10-13(12)2)18(3)11-14-5-7-17-8-6-14/h9-10,14,17H,5-8,11H2,1-4H3. The van der Waals surface area contributed by atoms with Crippen LogP contribution in [-0.2, 0) is 0 Å². The Hall–Kier alpha value is -1.22. The molecule has 0 saturated carbocycles. The molecular formula is C16H26N2O. The zero-order valence-electron chi connectivity index (χ0n) is 12.6. The molecule has 1 saturated heterocycles. The highest BCUT2D eigenvalue weighted by Gasteiger charge is 2.17. The monoisotopic (exact) mass is 262 g/mol. The average Bonchev–Trinajstić information content (AvgIpc) is 2.42. The minimum atomic E-state index is 0.789. The molecule has 1 aromatic carbocycles. The molecule has 0 bridgehead atoms. The predicted molar refractivity (Wildman–Crippen MR) is 81.3 cm³/mol. The van der Waals surface area contributed by atoms with Crippen LogP contribution in [0, 0.1) is 19.8 Å². The number of anilines is 1. The van der Waals surface area contributed by atoms with Gasteiger partial charge in [0.15, 0.2) is 0 Å². The van der Waals surface area contributed by atoms with E-state index in [0.717, 1.165) is 31.3 Å². The van der Waals surface area contributed by atoms with E-state index in [0.29, 0.717) is 0 Å². The van der Waals surface area contributed by atoms with Crippen molar-refractivity contribution in [3.63, 3.8) is 0 Å². The highest BCUT2D eigenvalue weighted by molar-refractivity contribution is 5.61. The molecule has 0 amide bonds. The van der Waals surface area contributed by atoms with Gasteiger partial charge in [-0.3, -0.25) is 0 Å². The second-order valence-electron chi connectivity index (χ2n) is 5.68. The number of benzene rings is 1. The SMILES string of the molecule is COc1cc(C)c(C)cc1N(C)CC1CCNCC1. The van der Waals surface area contributed by atoms with Gasteiger partial charge in [-0.15, -0.1) is 0 Å². The van der Waals surface area contributed by atoms with Crippen molar-refractivity contribution in [2.24, 2.45) is 5.92 Å². The number of nitrogens with zero attached hydrogens (tertiary/aromatic N) is 1. The maximum absolute atomic E-state index is 5.54. The summed E-state index contributed by atoms with van der Waals surface area (Å²) < 4.78 is 5.54. The fourth-order valence-corrected chi connectivity index (χ4v) is 2.79. The first-order valence-electron chi connectivity index (χ1n) is 7.19. The van der Waals surface area contributed by atoms with Crippen LogP contribution in [0.15, 0.2) is 12.1 Å². The second kappa shape index (κ2) is 6.29. The summed E-state index contributed by atoms with van der Waals surface area (Å²) in [5.74, 6) is 1.78. The minimum Gasteiger partial charge on any atom is -0.495 e. The summed E-state index contributed by atoms with van der Waals surface area (Å²) in [6.07, 6.45) is 2.55. The summed E-state index contributed by atoms with van der Waals surface area (Å²) in [6, 6.07) is 4.39. The van der Waals surface area contributed by atoms with Gasteiger partial charge in [0.1, 0.15) is 5.75 Å². The molecule has 2 rings (SSSR count). The van der Waals surface area contributed by atoms with Crippen LogP contribution in [0.2, 0.25) is 0 Å². The van der Waals surface area contributed by atoms with E-state index in [-0.39, 0.29) is 0 Å². The molecule has 19 heavy (non-hydrogen) atoms. The van der Waals surface area contributed by atoms with Crippen molar-refractivity contribution in [3.05, 3.63) is 23.3 Å². The number of rotatable bonds is 4. The normalized spacial score (nSPS) is 16.4. The van der Waals surface area contributed by atoms with Gasteiger partial charge in [0.25, 0.3) is 0 Å². The van der Waals surface area contributed by atoms with E-state index in [9.17, 15) is 0 Å². The smallest absolute Gasteiger partial charge is 0.142 e. The molecule has 0 unspecified atom stereocenters. The van der Waals surface area contributed by atoms with Gasteiger partial charge < -0.3 is 15.0 Å². The Bertz CT molecular complexity index is 425. The van der Waals surface area contributed by atoms with E-state index in [1.807, 2.05) is 0 Å². The predicted octanol–water partition coefficient (Wildman–Crippen LogP) is 2.75. The molecule has 0 spiro atoms. The Balaban J connectivity index is 2.13. The molecule has 0 aliphatic carbocycles. The largest absolute Gasteiger partial charge is 0.495 e. The lowest BCUT2D eigenvalue weighted by Gasteiger charge is -2.30. The van der Waals surface area contributed by atoms with E-state index in [1.165, 1.54) is 29.7 Å². The van der Waals surface area contributed by atoms with Crippen molar-refractivity contribution in [1.82, 2.24) is 5.32 Å². The molecule has 106 valence electrons. The van der Waals surface area contributed by atoms with Gasteiger partial charge in [0.2, 0.25) is 0 Å². The summed E-state index contributed by atoms with van der Waals surface area (Å²) in [6.45, 7) is 7.72. The number of nitrogens with one attached hydrogen (secondary N) is 1. The van der Waals surface area contributed by atoms with Crippen molar-refractivity contribution in [3.8, 4) is 5.75 Å². The van der Waals surface area contributed by atoms with Gasteiger partial charge >= 0.3 is 0 Å². The molecule has 0 atom stereocenters. The highest BCUT2D eigenvalue weighted by atomic mass is 16.5. The zero-order chi connectivity index (χ0) is 13.8. The van der Waals surface area contributed by atoms with Crippen molar-refractivity contribution >= 4 is 5.69 Å². The van der Waals surface area contributed by atoms with Gasteiger partial charge in [-0.2, -0.15) is 0 Å². The molecule has 1 fully saturated rings. The molecule has 0 aromatic heterocycles. The van der Waals surface area contributed by atoms with Gasteiger partial charge in [-0.1, -0.05) is 0 Å². The third-order valence-electron chi connectivity index (χ3n) is 4.20. The summed E-state index contributed by atoms with van der Waals surface area (Å²) in [7, 11) is 3.93. The third-order valence-corrected chi connectivity index (χ3v) is 4.20.